The highest BCUT2D eigenvalue weighted by atomic mass is 35.5. The molecule has 0 fully saturated rings. The van der Waals surface area contributed by atoms with E-state index in [1.165, 1.54) is 26.5 Å². The van der Waals surface area contributed by atoms with Crippen molar-refractivity contribution >= 4 is 35.5 Å². The molecule has 0 saturated carbocycles. The minimum atomic E-state index is -4.75. The van der Waals surface area contributed by atoms with Crippen LogP contribution in [0.4, 0.5) is 26.3 Å². The number of halogens is 8. The Labute approximate surface area is 234 Å². The van der Waals surface area contributed by atoms with E-state index in [4.69, 9.17) is 11.6 Å². The lowest BCUT2D eigenvalue weighted by atomic mass is 10.00. The number of ether oxygens (including phenoxy) is 4. The summed E-state index contributed by atoms with van der Waals surface area (Å²) in [6.07, 6.45) is -7.22. The Morgan fingerprint density at radius 2 is 1.15 bits per heavy atom. The van der Waals surface area contributed by atoms with Gasteiger partial charge in [0.25, 0.3) is 0 Å². The number of pyridine rings is 2. The van der Waals surface area contributed by atoms with E-state index < -0.39 is 64.1 Å². The van der Waals surface area contributed by atoms with E-state index in [-0.39, 0.29) is 18.8 Å². The van der Waals surface area contributed by atoms with Crippen LogP contribution in [0.1, 0.15) is 29.2 Å². The van der Waals surface area contributed by atoms with Gasteiger partial charge < -0.3 is 31.4 Å². The summed E-state index contributed by atoms with van der Waals surface area (Å²) in [5.41, 5.74) is -2.83. The molecule has 0 unspecified atom stereocenters. The lowest BCUT2D eigenvalue weighted by molar-refractivity contribution is -0.156. The van der Waals surface area contributed by atoms with Crippen LogP contribution >= 0.6 is 11.6 Å². The van der Waals surface area contributed by atoms with E-state index in [0.29, 0.717) is 0 Å². The van der Waals surface area contributed by atoms with Crippen LogP contribution in [0.5, 0.6) is 0 Å². The van der Waals surface area contributed by atoms with Gasteiger partial charge in [0.2, 0.25) is 0 Å². The summed E-state index contributed by atoms with van der Waals surface area (Å²) in [7, 11) is 4.33. The van der Waals surface area contributed by atoms with Crippen molar-refractivity contribution in [2.24, 2.45) is 0 Å². The summed E-state index contributed by atoms with van der Waals surface area (Å²) in [5, 5.41) is -0.514. The lowest BCUT2D eigenvalue weighted by Gasteiger charge is -2.16. The van der Waals surface area contributed by atoms with Gasteiger partial charge in [-0.15, -0.1) is 0 Å². The van der Waals surface area contributed by atoms with Crippen LogP contribution in [0.25, 0.3) is 0 Å². The van der Waals surface area contributed by atoms with Crippen molar-refractivity contribution in [3.05, 3.63) is 58.6 Å². The molecule has 0 aliphatic rings. The Morgan fingerprint density at radius 1 is 0.750 bits per heavy atom. The van der Waals surface area contributed by atoms with Crippen molar-refractivity contribution in [1.82, 2.24) is 9.97 Å². The molecule has 2 aromatic heterocycles. The number of nitrogens with zero attached hydrogens (tertiary/aromatic N) is 2. The van der Waals surface area contributed by atoms with Crippen LogP contribution in [0.3, 0.4) is 0 Å². The van der Waals surface area contributed by atoms with Gasteiger partial charge in [-0.25, -0.2) is 4.98 Å². The molecular formula is C22H21Cl2F6N2O8-. The number of carbonyl (C=O) groups is 4. The fourth-order valence-corrected chi connectivity index (χ4v) is 2.53. The Kier molecular flexibility index (Phi) is 17.2. The van der Waals surface area contributed by atoms with Crippen LogP contribution in [-0.2, 0) is 50.5 Å². The molecule has 0 amide bonds. The predicted octanol–water partition coefficient (Wildman–Crippen LogP) is 1.01. The normalized spacial score (nSPS) is 10.4. The number of hydrogen-bond acceptors (Lipinski definition) is 10. The van der Waals surface area contributed by atoms with Gasteiger partial charge in [-0.05, 0) is 24.3 Å². The third-order valence-electron chi connectivity index (χ3n) is 4.10. The first kappa shape index (κ1) is 38.5. The number of methoxy groups -OCH3 is 4. The summed E-state index contributed by atoms with van der Waals surface area (Å²) in [4.78, 5) is 50.2. The second-order valence-electron chi connectivity index (χ2n) is 6.58. The Morgan fingerprint density at radius 3 is 1.48 bits per heavy atom. The SMILES string of the molecule is COC(=O)C(C(=O)OC)c1ncccc1C(F)(F)F.COC(=O)CC(=O)OC.FC(F)(F)c1cccnc1Cl.[Cl-]. The molecule has 40 heavy (non-hydrogen) atoms. The Bertz CT molecular complexity index is 1100. The van der Waals surface area contributed by atoms with Crippen molar-refractivity contribution in [2.45, 2.75) is 24.7 Å². The maximum Gasteiger partial charge on any atom is 0.419 e. The van der Waals surface area contributed by atoms with E-state index >= 15 is 0 Å². The van der Waals surface area contributed by atoms with E-state index in [9.17, 15) is 45.5 Å². The number of esters is 4. The van der Waals surface area contributed by atoms with Gasteiger partial charge in [0.05, 0.1) is 45.3 Å². The molecule has 0 bridgehead atoms. The summed E-state index contributed by atoms with van der Waals surface area (Å²) < 4.78 is 91.2. The zero-order chi connectivity index (χ0) is 30.4. The second kappa shape index (κ2) is 17.8. The molecule has 2 aromatic rings. The minimum Gasteiger partial charge on any atom is -1.00 e. The molecule has 224 valence electrons. The first-order chi connectivity index (χ1) is 18.0. The third-order valence-corrected chi connectivity index (χ3v) is 4.40. The maximum absolute atomic E-state index is 12.8. The summed E-state index contributed by atoms with van der Waals surface area (Å²) in [6.45, 7) is 0. The highest BCUT2D eigenvalue weighted by Crippen LogP contribution is 2.35. The molecule has 0 saturated heterocycles. The molecule has 18 heteroatoms. The highest BCUT2D eigenvalue weighted by molar-refractivity contribution is 6.30. The van der Waals surface area contributed by atoms with Gasteiger partial charge in [-0.2, -0.15) is 26.3 Å². The Hall–Kier alpha value is -3.66. The third kappa shape index (κ3) is 12.9. The number of carbonyl (C=O) groups excluding carboxylic acids is 4. The number of aromatic nitrogens is 2. The van der Waals surface area contributed by atoms with Crippen molar-refractivity contribution in [3.8, 4) is 0 Å². The lowest BCUT2D eigenvalue weighted by Crippen LogP contribution is -3.00. The van der Waals surface area contributed by atoms with Crippen LogP contribution in [0, 0.1) is 0 Å². The second-order valence-corrected chi connectivity index (χ2v) is 6.94. The van der Waals surface area contributed by atoms with E-state index in [2.05, 4.69) is 28.9 Å². The van der Waals surface area contributed by atoms with Gasteiger partial charge in [0.15, 0.2) is 5.92 Å². The van der Waals surface area contributed by atoms with Gasteiger partial charge in [0.1, 0.15) is 11.6 Å². The van der Waals surface area contributed by atoms with E-state index in [1.54, 1.807) is 0 Å². The first-order valence-electron chi connectivity index (χ1n) is 10.0. The van der Waals surface area contributed by atoms with Crippen molar-refractivity contribution in [1.29, 1.82) is 0 Å². The van der Waals surface area contributed by atoms with Gasteiger partial charge >= 0.3 is 36.2 Å². The van der Waals surface area contributed by atoms with Gasteiger partial charge in [-0.3, -0.25) is 24.2 Å². The maximum atomic E-state index is 12.8. The molecule has 0 aromatic carbocycles. The first-order valence-corrected chi connectivity index (χ1v) is 10.4. The van der Waals surface area contributed by atoms with Crippen LogP contribution in [0.2, 0.25) is 5.15 Å². The molecule has 0 spiro atoms. The quantitative estimate of drug-likeness (QED) is 0.156. The molecule has 0 radical (unpaired) electrons. The van der Waals surface area contributed by atoms with Crippen LogP contribution < -0.4 is 12.4 Å². The molecule has 10 nitrogen and oxygen atoms in total. The van der Waals surface area contributed by atoms with Crippen LogP contribution in [0.15, 0.2) is 36.7 Å². The molecule has 2 heterocycles. The number of alkyl halides is 6. The topological polar surface area (TPSA) is 131 Å². The fraction of sp³-hybridized carbons (Fsp3) is 0.364. The molecule has 0 N–H and O–H groups in total. The fourth-order valence-electron chi connectivity index (χ4n) is 2.30. The van der Waals surface area contributed by atoms with Crippen molar-refractivity contribution in [2.75, 3.05) is 28.4 Å². The summed E-state index contributed by atoms with van der Waals surface area (Å²) >= 11 is 5.18. The molecule has 0 aliphatic heterocycles. The average Bonchev–Trinajstić information content (AvgIpc) is 2.88. The average molecular weight is 626 g/mol. The van der Waals surface area contributed by atoms with Gasteiger partial charge in [-0.1, -0.05) is 11.6 Å². The standard InChI is InChI=1S/C11H10F3NO4.C6H3ClF3N.C5H8O4.ClH/c1-18-9(16)7(10(17)19-2)8-6(11(12,13)14)4-3-5-15-8;7-5-4(6(8,9)10)2-1-3-11-5;1-8-4(6)3-5(7)9-2;/h3-5,7H,1-2H3;1-3H;3H2,1-2H3;1H/p-1. The minimum absolute atomic E-state index is 0. The van der Waals surface area contributed by atoms with Crippen molar-refractivity contribution in [3.63, 3.8) is 0 Å². The summed E-state index contributed by atoms with van der Waals surface area (Å²) in [6, 6.07) is 3.85. The molecule has 2 rings (SSSR count). The monoisotopic (exact) mass is 625 g/mol. The molecule has 0 aliphatic carbocycles. The number of rotatable bonds is 5. The zero-order valence-corrected chi connectivity index (χ0v) is 22.4. The predicted molar refractivity (Wildman–Crippen MR) is 119 cm³/mol. The van der Waals surface area contributed by atoms with Crippen molar-refractivity contribution < 1.29 is 76.9 Å². The number of hydrogen-bond donors (Lipinski definition) is 0. The van der Waals surface area contributed by atoms with E-state index in [1.807, 2.05) is 0 Å². The largest absolute Gasteiger partial charge is 1.00 e. The molecular weight excluding hydrogens is 605 g/mol. The van der Waals surface area contributed by atoms with Crippen LogP contribution in [-0.4, -0.2) is 62.3 Å². The Balaban J connectivity index is 0. The zero-order valence-electron chi connectivity index (χ0n) is 20.9. The van der Waals surface area contributed by atoms with E-state index in [0.717, 1.165) is 38.6 Å². The smallest absolute Gasteiger partial charge is 0.419 e. The highest BCUT2D eigenvalue weighted by Gasteiger charge is 2.41. The summed E-state index contributed by atoms with van der Waals surface area (Å²) in [5.74, 6) is -5.37. The molecule has 0 atom stereocenters. The van der Waals surface area contributed by atoms with Gasteiger partial charge in [0, 0.05) is 12.4 Å².